The van der Waals surface area contributed by atoms with Gasteiger partial charge in [0.05, 0.1) is 7.11 Å². The Hall–Kier alpha value is -1.02. The molecule has 2 N–H and O–H groups in total. The maximum atomic E-state index is 5.94. The number of fused-ring (bicyclic) bond motifs is 1. The molecule has 0 saturated carbocycles. The Morgan fingerprint density at radius 3 is 2.71 bits per heavy atom. The van der Waals surface area contributed by atoms with Crippen LogP contribution in [0.2, 0.25) is 0 Å². The van der Waals surface area contributed by atoms with E-state index in [1.54, 1.807) is 12.7 Å². The van der Waals surface area contributed by atoms with E-state index in [-0.39, 0.29) is 6.04 Å². The molecule has 2 rings (SSSR count). The van der Waals surface area contributed by atoms with Crippen LogP contribution in [0.3, 0.4) is 0 Å². The number of hydrogen-bond donors (Lipinski definition) is 1. The largest absolute Gasteiger partial charge is 0.496 e. The molecule has 0 spiro atoms. The highest BCUT2D eigenvalue weighted by molar-refractivity contribution is 5.50. The SMILES string of the molecule is COc1cc2c(c(C)c1CC(C)N)CCCC2. The van der Waals surface area contributed by atoms with Crippen LogP contribution < -0.4 is 10.5 Å². The molecule has 2 nitrogen and oxygen atoms in total. The van der Waals surface area contributed by atoms with Gasteiger partial charge in [0.15, 0.2) is 0 Å². The standard InChI is InChI=1S/C15H23NO/c1-10(16)8-14-11(2)13-7-5-4-6-12(13)9-15(14)17-3/h9-10H,4-8,16H2,1-3H3. The highest BCUT2D eigenvalue weighted by Gasteiger charge is 2.18. The van der Waals surface area contributed by atoms with Gasteiger partial charge in [0.25, 0.3) is 0 Å². The van der Waals surface area contributed by atoms with Gasteiger partial charge in [-0.15, -0.1) is 0 Å². The minimum absolute atomic E-state index is 0.184. The minimum Gasteiger partial charge on any atom is -0.496 e. The quantitative estimate of drug-likeness (QED) is 0.871. The van der Waals surface area contributed by atoms with Gasteiger partial charge in [-0.05, 0) is 74.3 Å². The Balaban J connectivity index is 2.48. The van der Waals surface area contributed by atoms with Gasteiger partial charge in [-0.1, -0.05) is 0 Å². The fourth-order valence-corrected chi connectivity index (χ4v) is 2.89. The number of aryl methyl sites for hydroxylation is 1. The van der Waals surface area contributed by atoms with E-state index >= 15 is 0 Å². The molecule has 0 fully saturated rings. The maximum Gasteiger partial charge on any atom is 0.122 e. The predicted octanol–water partition coefficient (Wildman–Crippen LogP) is 2.77. The number of benzene rings is 1. The van der Waals surface area contributed by atoms with Gasteiger partial charge in [0, 0.05) is 6.04 Å². The van der Waals surface area contributed by atoms with E-state index in [1.165, 1.54) is 42.4 Å². The van der Waals surface area contributed by atoms with Crippen LogP contribution in [0.1, 0.15) is 42.0 Å². The number of rotatable bonds is 3. The molecular weight excluding hydrogens is 210 g/mol. The van der Waals surface area contributed by atoms with Gasteiger partial charge in [-0.25, -0.2) is 0 Å². The van der Waals surface area contributed by atoms with Crippen molar-refractivity contribution in [1.82, 2.24) is 0 Å². The molecule has 0 amide bonds. The van der Waals surface area contributed by atoms with Crippen molar-refractivity contribution >= 4 is 0 Å². The predicted molar refractivity (Wildman–Crippen MR) is 71.7 cm³/mol. The zero-order chi connectivity index (χ0) is 12.4. The number of nitrogens with two attached hydrogens (primary N) is 1. The van der Waals surface area contributed by atoms with Gasteiger partial charge in [0.2, 0.25) is 0 Å². The molecule has 0 heterocycles. The van der Waals surface area contributed by atoms with Crippen LogP contribution in [0.15, 0.2) is 6.07 Å². The third-order valence-electron chi connectivity index (χ3n) is 3.76. The van der Waals surface area contributed by atoms with Crippen molar-refractivity contribution in [2.24, 2.45) is 5.73 Å². The number of methoxy groups -OCH3 is 1. The maximum absolute atomic E-state index is 5.94. The van der Waals surface area contributed by atoms with Crippen LogP contribution >= 0.6 is 0 Å². The van der Waals surface area contributed by atoms with Crippen LogP contribution in [0.5, 0.6) is 5.75 Å². The van der Waals surface area contributed by atoms with Crippen LogP contribution in [-0.2, 0) is 19.3 Å². The lowest BCUT2D eigenvalue weighted by atomic mass is 9.84. The van der Waals surface area contributed by atoms with Crippen LogP contribution in [-0.4, -0.2) is 13.2 Å². The van der Waals surface area contributed by atoms with E-state index in [0.29, 0.717) is 0 Å². The van der Waals surface area contributed by atoms with Crippen molar-refractivity contribution in [2.75, 3.05) is 7.11 Å². The summed E-state index contributed by atoms with van der Waals surface area (Å²) in [7, 11) is 1.76. The van der Waals surface area contributed by atoms with Crippen molar-refractivity contribution in [3.05, 3.63) is 28.3 Å². The first-order valence-electron chi connectivity index (χ1n) is 6.57. The molecule has 1 atom stereocenters. The summed E-state index contributed by atoms with van der Waals surface area (Å²) in [6.45, 7) is 4.28. The summed E-state index contributed by atoms with van der Waals surface area (Å²) < 4.78 is 5.54. The third kappa shape index (κ3) is 2.47. The first-order chi connectivity index (χ1) is 8.13. The molecule has 0 radical (unpaired) electrons. The Labute approximate surface area is 104 Å². The zero-order valence-corrected chi connectivity index (χ0v) is 11.2. The Morgan fingerprint density at radius 1 is 1.35 bits per heavy atom. The Morgan fingerprint density at radius 2 is 2.06 bits per heavy atom. The summed E-state index contributed by atoms with van der Waals surface area (Å²) in [5, 5.41) is 0. The van der Waals surface area contributed by atoms with Crippen molar-refractivity contribution in [3.63, 3.8) is 0 Å². The highest BCUT2D eigenvalue weighted by Crippen LogP contribution is 2.33. The van der Waals surface area contributed by atoms with E-state index in [4.69, 9.17) is 10.5 Å². The first-order valence-corrected chi connectivity index (χ1v) is 6.57. The fourth-order valence-electron chi connectivity index (χ4n) is 2.89. The second kappa shape index (κ2) is 5.09. The molecule has 1 aromatic rings. The second-order valence-corrected chi connectivity index (χ2v) is 5.21. The highest BCUT2D eigenvalue weighted by atomic mass is 16.5. The first kappa shape index (κ1) is 12.4. The molecule has 0 bridgehead atoms. The fraction of sp³-hybridized carbons (Fsp3) is 0.600. The van der Waals surface area contributed by atoms with Gasteiger partial charge >= 0.3 is 0 Å². The average Bonchev–Trinajstić information content (AvgIpc) is 2.32. The van der Waals surface area contributed by atoms with E-state index in [9.17, 15) is 0 Å². The lowest BCUT2D eigenvalue weighted by Gasteiger charge is -2.23. The molecule has 0 aromatic heterocycles. The summed E-state index contributed by atoms with van der Waals surface area (Å²) in [5.74, 6) is 1.03. The summed E-state index contributed by atoms with van der Waals surface area (Å²) in [5.41, 5.74) is 11.7. The van der Waals surface area contributed by atoms with Crippen molar-refractivity contribution < 1.29 is 4.74 Å². The topological polar surface area (TPSA) is 35.2 Å². The third-order valence-corrected chi connectivity index (χ3v) is 3.76. The summed E-state index contributed by atoms with van der Waals surface area (Å²) >= 11 is 0. The molecule has 1 aliphatic carbocycles. The Bertz CT molecular complexity index is 410. The van der Waals surface area contributed by atoms with Crippen molar-refractivity contribution in [2.45, 2.75) is 52.0 Å². The van der Waals surface area contributed by atoms with Crippen LogP contribution in [0.25, 0.3) is 0 Å². The van der Waals surface area contributed by atoms with E-state index < -0.39 is 0 Å². The zero-order valence-electron chi connectivity index (χ0n) is 11.2. The normalized spacial score (nSPS) is 16.5. The second-order valence-electron chi connectivity index (χ2n) is 5.21. The molecule has 0 aliphatic heterocycles. The molecule has 1 unspecified atom stereocenters. The summed E-state index contributed by atoms with van der Waals surface area (Å²) in [6, 6.07) is 2.42. The van der Waals surface area contributed by atoms with Gasteiger partial charge < -0.3 is 10.5 Å². The molecule has 1 aromatic carbocycles. The monoisotopic (exact) mass is 233 g/mol. The lowest BCUT2D eigenvalue weighted by molar-refractivity contribution is 0.406. The lowest BCUT2D eigenvalue weighted by Crippen LogP contribution is -2.20. The van der Waals surface area contributed by atoms with Crippen LogP contribution in [0.4, 0.5) is 0 Å². The molecule has 0 saturated heterocycles. The summed E-state index contributed by atoms with van der Waals surface area (Å²) in [6.07, 6.45) is 5.95. The minimum atomic E-state index is 0.184. The van der Waals surface area contributed by atoms with Crippen molar-refractivity contribution in [3.8, 4) is 5.75 Å². The summed E-state index contributed by atoms with van der Waals surface area (Å²) in [4.78, 5) is 0. The van der Waals surface area contributed by atoms with Gasteiger partial charge in [-0.3, -0.25) is 0 Å². The van der Waals surface area contributed by atoms with E-state index in [2.05, 4.69) is 19.9 Å². The Kier molecular flexibility index (Phi) is 3.72. The smallest absolute Gasteiger partial charge is 0.122 e. The number of hydrogen-bond acceptors (Lipinski definition) is 2. The molecule has 17 heavy (non-hydrogen) atoms. The van der Waals surface area contributed by atoms with E-state index in [1.807, 2.05) is 0 Å². The number of ether oxygens (including phenoxy) is 1. The molecule has 94 valence electrons. The molecule has 1 aliphatic rings. The average molecular weight is 233 g/mol. The van der Waals surface area contributed by atoms with Crippen molar-refractivity contribution in [1.29, 1.82) is 0 Å². The van der Waals surface area contributed by atoms with E-state index in [0.717, 1.165) is 12.2 Å². The van der Waals surface area contributed by atoms with Gasteiger partial charge in [0.1, 0.15) is 5.75 Å². The van der Waals surface area contributed by atoms with Gasteiger partial charge in [-0.2, -0.15) is 0 Å². The van der Waals surface area contributed by atoms with Crippen LogP contribution in [0, 0.1) is 6.92 Å². The molecule has 2 heteroatoms. The molecular formula is C15H23NO.